The van der Waals surface area contributed by atoms with E-state index in [1.165, 1.54) is 17.3 Å². The van der Waals surface area contributed by atoms with E-state index < -0.39 is 12.7 Å². The minimum absolute atomic E-state index is 0.220. The number of hydrogen-bond donors (Lipinski definition) is 1. The smallest absolute Gasteiger partial charge is 0.396 e. The zero-order valence-corrected chi connectivity index (χ0v) is 11.0. The second-order valence-electron chi connectivity index (χ2n) is 3.90. The van der Waals surface area contributed by atoms with Crippen molar-refractivity contribution in [1.29, 1.82) is 0 Å². The maximum Gasteiger partial charge on any atom is 0.405 e. The van der Waals surface area contributed by atoms with E-state index in [9.17, 15) is 13.2 Å². The molecule has 0 bridgehead atoms. The first-order chi connectivity index (χ1) is 7.72. The molecule has 2 N–H and O–H groups in total. The summed E-state index contributed by atoms with van der Waals surface area (Å²) in [5, 5.41) is 0. The fourth-order valence-corrected chi connectivity index (χ4v) is 2.03. The Bertz CT molecular complexity index is 373. The van der Waals surface area contributed by atoms with Gasteiger partial charge in [-0.05, 0) is 29.8 Å². The number of nitrogens with zero attached hydrogens (tertiary/aromatic N) is 2. The van der Waals surface area contributed by atoms with E-state index in [1.807, 2.05) is 0 Å². The molecular formula is C10H13BrF3N3. The topological polar surface area (TPSA) is 42.1 Å². The minimum Gasteiger partial charge on any atom is -0.396 e. The normalized spacial score (nSPS) is 11.9. The molecule has 1 heterocycles. The number of nitrogen functional groups attached to an aromatic ring is 1. The maximum absolute atomic E-state index is 12.5. The van der Waals surface area contributed by atoms with Crippen LogP contribution in [-0.4, -0.2) is 23.7 Å². The third-order valence-corrected chi connectivity index (χ3v) is 2.74. The Labute approximate surface area is 106 Å². The molecule has 17 heavy (non-hydrogen) atoms. The van der Waals surface area contributed by atoms with Gasteiger partial charge in [0.05, 0.1) is 22.0 Å². The molecule has 0 amide bonds. The predicted molar refractivity (Wildman–Crippen MR) is 64.9 cm³/mol. The summed E-state index contributed by atoms with van der Waals surface area (Å²) >= 11 is 3.17. The number of alkyl halides is 3. The molecule has 1 rings (SSSR count). The van der Waals surface area contributed by atoms with Gasteiger partial charge in [-0.1, -0.05) is 0 Å². The molecule has 0 fully saturated rings. The van der Waals surface area contributed by atoms with Gasteiger partial charge in [-0.3, -0.25) is 4.98 Å². The maximum atomic E-state index is 12.5. The summed E-state index contributed by atoms with van der Waals surface area (Å²) in [5.41, 5.74) is 6.22. The van der Waals surface area contributed by atoms with Crippen molar-refractivity contribution in [2.24, 2.45) is 0 Å². The molecule has 1 aromatic rings. The summed E-state index contributed by atoms with van der Waals surface area (Å²) < 4.78 is 38.0. The van der Waals surface area contributed by atoms with Crippen molar-refractivity contribution in [2.45, 2.75) is 26.1 Å². The van der Waals surface area contributed by atoms with Crippen molar-refractivity contribution >= 4 is 27.3 Å². The van der Waals surface area contributed by atoms with Gasteiger partial charge in [0.25, 0.3) is 0 Å². The zero-order chi connectivity index (χ0) is 13.2. The van der Waals surface area contributed by atoms with Crippen LogP contribution in [-0.2, 0) is 0 Å². The number of pyridine rings is 1. The van der Waals surface area contributed by atoms with E-state index >= 15 is 0 Å². The van der Waals surface area contributed by atoms with Crippen LogP contribution in [0.25, 0.3) is 0 Å². The summed E-state index contributed by atoms with van der Waals surface area (Å²) in [6, 6.07) is -0.322. The molecule has 0 saturated heterocycles. The molecule has 0 aliphatic rings. The van der Waals surface area contributed by atoms with Crippen molar-refractivity contribution in [3.05, 3.63) is 16.9 Å². The Kier molecular flexibility index (Phi) is 4.24. The lowest BCUT2D eigenvalue weighted by Crippen LogP contribution is -2.39. The standard InChI is InChI=1S/C10H13BrF3N3/c1-6(2)17(5-10(12,13)14)9-7(11)3-16-4-8(9)15/h3-4,6H,5,15H2,1-2H3. The van der Waals surface area contributed by atoms with Gasteiger partial charge in [0.15, 0.2) is 0 Å². The molecule has 0 saturated carbocycles. The quantitative estimate of drug-likeness (QED) is 0.932. The minimum atomic E-state index is -4.28. The lowest BCUT2D eigenvalue weighted by molar-refractivity contribution is -0.120. The molecule has 3 nitrogen and oxygen atoms in total. The Morgan fingerprint density at radius 2 is 2.00 bits per heavy atom. The van der Waals surface area contributed by atoms with Crippen molar-refractivity contribution in [2.75, 3.05) is 17.2 Å². The number of halogens is 4. The summed E-state index contributed by atoms with van der Waals surface area (Å²) in [4.78, 5) is 5.00. The lowest BCUT2D eigenvalue weighted by Gasteiger charge is -2.31. The van der Waals surface area contributed by atoms with E-state index in [-0.39, 0.29) is 11.7 Å². The molecule has 0 aliphatic heterocycles. The molecule has 0 radical (unpaired) electrons. The van der Waals surface area contributed by atoms with Crippen LogP contribution in [0.3, 0.4) is 0 Å². The first kappa shape index (κ1) is 14.1. The van der Waals surface area contributed by atoms with Gasteiger partial charge in [-0.15, -0.1) is 0 Å². The largest absolute Gasteiger partial charge is 0.405 e. The van der Waals surface area contributed by atoms with E-state index in [1.54, 1.807) is 13.8 Å². The van der Waals surface area contributed by atoms with Gasteiger partial charge in [-0.25, -0.2) is 0 Å². The van der Waals surface area contributed by atoms with Gasteiger partial charge in [-0.2, -0.15) is 13.2 Å². The van der Waals surface area contributed by atoms with Crippen molar-refractivity contribution in [3.8, 4) is 0 Å². The van der Waals surface area contributed by atoms with Crippen molar-refractivity contribution in [1.82, 2.24) is 4.98 Å². The Hall–Kier alpha value is -0.980. The molecule has 0 spiro atoms. The van der Waals surface area contributed by atoms with Crippen LogP contribution in [0.1, 0.15) is 13.8 Å². The lowest BCUT2D eigenvalue weighted by atomic mass is 10.2. The van der Waals surface area contributed by atoms with Gasteiger partial charge in [0, 0.05) is 12.2 Å². The second-order valence-corrected chi connectivity index (χ2v) is 4.75. The highest BCUT2D eigenvalue weighted by molar-refractivity contribution is 9.10. The number of rotatable bonds is 3. The van der Waals surface area contributed by atoms with Crippen LogP contribution in [0.4, 0.5) is 24.5 Å². The molecule has 1 aromatic heterocycles. The van der Waals surface area contributed by atoms with E-state index in [4.69, 9.17) is 5.73 Å². The predicted octanol–water partition coefficient (Wildman–Crippen LogP) is 3.20. The summed E-state index contributed by atoms with van der Waals surface area (Å²) in [7, 11) is 0. The molecule has 96 valence electrons. The van der Waals surface area contributed by atoms with Crippen LogP contribution >= 0.6 is 15.9 Å². The van der Waals surface area contributed by atoms with Crippen LogP contribution in [0.5, 0.6) is 0 Å². The Morgan fingerprint density at radius 1 is 1.41 bits per heavy atom. The highest BCUT2D eigenvalue weighted by atomic mass is 79.9. The molecule has 0 aliphatic carbocycles. The fraction of sp³-hybridized carbons (Fsp3) is 0.500. The number of anilines is 2. The number of aromatic nitrogens is 1. The van der Waals surface area contributed by atoms with E-state index in [0.29, 0.717) is 10.2 Å². The first-order valence-electron chi connectivity index (χ1n) is 4.94. The SMILES string of the molecule is CC(C)N(CC(F)(F)F)c1c(N)cncc1Br. The molecule has 7 heteroatoms. The van der Waals surface area contributed by atoms with Crippen molar-refractivity contribution < 1.29 is 13.2 Å². The van der Waals surface area contributed by atoms with E-state index in [0.717, 1.165) is 0 Å². The van der Waals surface area contributed by atoms with Crippen molar-refractivity contribution in [3.63, 3.8) is 0 Å². The Morgan fingerprint density at radius 3 is 2.41 bits per heavy atom. The van der Waals surface area contributed by atoms with Crippen LogP contribution in [0, 0.1) is 0 Å². The van der Waals surface area contributed by atoms with Gasteiger partial charge in [0.2, 0.25) is 0 Å². The first-order valence-corrected chi connectivity index (χ1v) is 5.74. The van der Waals surface area contributed by atoms with Crippen LogP contribution in [0.15, 0.2) is 16.9 Å². The van der Waals surface area contributed by atoms with E-state index in [2.05, 4.69) is 20.9 Å². The number of hydrogen-bond acceptors (Lipinski definition) is 3. The van der Waals surface area contributed by atoms with Gasteiger partial charge < -0.3 is 10.6 Å². The molecule has 0 atom stereocenters. The summed E-state index contributed by atoms with van der Waals surface area (Å²) in [6.45, 7) is 2.31. The highest BCUT2D eigenvalue weighted by Crippen LogP contribution is 2.34. The highest BCUT2D eigenvalue weighted by Gasteiger charge is 2.33. The van der Waals surface area contributed by atoms with Crippen LogP contribution in [0.2, 0.25) is 0 Å². The third-order valence-electron chi connectivity index (χ3n) is 2.16. The molecular weight excluding hydrogens is 299 g/mol. The summed E-state index contributed by atoms with van der Waals surface area (Å²) in [6.07, 6.45) is -1.51. The monoisotopic (exact) mass is 311 g/mol. The Balaban J connectivity index is 3.15. The van der Waals surface area contributed by atoms with Gasteiger partial charge >= 0.3 is 6.18 Å². The molecule has 0 aromatic carbocycles. The fourth-order valence-electron chi connectivity index (χ4n) is 1.46. The summed E-state index contributed by atoms with van der Waals surface area (Å²) in [5.74, 6) is 0. The third kappa shape index (κ3) is 3.76. The average molecular weight is 312 g/mol. The zero-order valence-electron chi connectivity index (χ0n) is 9.42. The molecule has 0 unspecified atom stereocenters. The number of nitrogens with two attached hydrogens (primary N) is 1. The second kappa shape index (κ2) is 5.12. The van der Waals surface area contributed by atoms with Crippen LogP contribution < -0.4 is 10.6 Å². The van der Waals surface area contributed by atoms with Gasteiger partial charge in [0.1, 0.15) is 6.54 Å². The average Bonchev–Trinajstić information content (AvgIpc) is 2.13.